The number of ether oxygens (including phenoxy) is 2. The van der Waals surface area contributed by atoms with Gasteiger partial charge in [-0.3, -0.25) is 4.90 Å². The molecule has 0 spiro atoms. The van der Waals surface area contributed by atoms with Crippen LogP contribution in [0, 0.1) is 0 Å². The monoisotopic (exact) mass is 502 g/mol. The summed E-state index contributed by atoms with van der Waals surface area (Å²) < 4.78 is 11.4. The highest BCUT2D eigenvalue weighted by Gasteiger charge is 2.38. The number of rotatable bonds is 8. The maximum Gasteiger partial charge on any atom is 0.191 e. The van der Waals surface area contributed by atoms with Crippen molar-refractivity contribution in [2.45, 2.75) is 64.3 Å². The Morgan fingerprint density at radius 3 is 2.64 bits per heavy atom. The van der Waals surface area contributed by atoms with Crippen molar-refractivity contribution in [2.75, 3.05) is 26.7 Å². The summed E-state index contributed by atoms with van der Waals surface area (Å²) in [6, 6.07) is 9.66. The van der Waals surface area contributed by atoms with Crippen molar-refractivity contribution in [3.05, 3.63) is 24.3 Å². The van der Waals surface area contributed by atoms with Crippen LogP contribution in [-0.4, -0.2) is 61.8 Å². The van der Waals surface area contributed by atoms with E-state index in [-0.39, 0.29) is 30.1 Å². The van der Waals surface area contributed by atoms with E-state index in [1.165, 1.54) is 19.3 Å². The number of guanidine groups is 1. The highest BCUT2D eigenvalue weighted by molar-refractivity contribution is 14.0. The summed E-state index contributed by atoms with van der Waals surface area (Å²) in [5, 5.41) is 6.98. The number of para-hydroxylation sites is 2. The molecule has 0 aromatic heterocycles. The Balaban J connectivity index is 0.00000280. The molecule has 6 nitrogen and oxygen atoms in total. The minimum Gasteiger partial charge on any atom is -0.493 e. The molecule has 1 aromatic carbocycles. The molecule has 1 aromatic rings. The number of benzene rings is 1. The molecule has 3 rings (SSSR count). The molecule has 1 saturated carbocycles. The van der Waals surface area contributed by atoms with E-state index in [1.54, 1.807) is 7.11 Å². The minimum atomic E-state index is -0.0396. The van der Waals surface area contributed by atoms with Gasteiger partial charge in [0.05, 0.1) is 13.7 Å². The Kier molecular flexibility index (Phi) is 9.14. The van der Waals surface area contributed by atoms with Crippen molar-refractivity contribution < 1.29 is 9.47 Å². The summed E-state index contributed by atoms with van der Waals surface area (Å²) in [6.07, 6.45) is 3.86. The number of methoxy groups -OCH3 is 1. The largest absolute Gasteiger partial charge is 0.493 e. The van der Waals surface area contributed by atoms with Gasteiger partial charge in [-0.05, 0) is 52.2 Å². The molecule has 2 fully saturated rings. The van der Waals surface area contributed by atoms with E-state index in [2.05, 4.69) is 29.4 Å². The molecule has 158 valence electrons. The number of halogens is 1. The van der Waals surface area contributed by atoms with Crippen LogP contribution < -0.4 is 20.1 Å². The van der Waals surface area contributed by atoms with Crippen LogP contribution in [0.4, 0.5) is 0 Å². The number of aliphatic imine (C=N–C) groups is 1. The first-order valence-electron chi connectivity index (χ1n) is 10.2. The Labute approximate surface area is 186 Å². The van der Waals surface area contributed by atoms with Crippen molar-refractivity contribution in [2.24, 2.45) is 4.99 Å². The Hall–Kier alpha value is -1.22. The van der Waals surface area contributed by atoms with Crippen LogP contribution in [0.15, 0.2) is 29.3 Å². The standard InChI is InChI=1S/C21H34N4O2.HI/c1-5-22-21(24-17-12-15(2)25(14-17)18-10-11-18)23-13-16(3)27-20-9-7-6-8-19(20)26-4;/h6-9,15-18H,5,10-14H2,1-4H3,(H2,22,23,24);1H. The van der Waals surface area contributed by atoms with Crippen LogP contribution in [0.2, 0.25) is 0 Å². The van der Waals surface area contributed by atoms with Gasteiger partial charge >= 0.3 is 0 Å². The molecular weight excluding hydrogens is 467 g/mol. The molecule has 0 radical (unpaired) electrons. The molecule has 2 aliphatic rings. The van der Waals surface area contributed by atoms with E-state index in [1.807, 2.05) is 31.2 Å². The first-order valence-corrected chi connectivity index (χ1v) is 10.2. The smallest absolute Gasteiger partial charge is 0.191 e. The predicted octanol–water partition coefficient (Wildman–Crippen LogP) is 3.26. The minimum absolute atomic E-state index is 0. The van der Waals surface area contributed by atoms with Gasteiger partial charge in [0.2, 0.25) is 0 Å². The lowest BCUT2D eigenvalue weighted by atomic mass is 10.2. The number of likely N-dealkylation sites (tertiary alicyclic amines) is 1. The van der Waals surface area contributed by atoms with Gasteiger partial charge in [-0.15, -0.1) is 24.0 Å². The molecule has 3 unspecified atom stereocenters. The third kappa shape index (κ3) is 6.40. The van der Waals surface area contributed by atoms with Crippen LogP contribution in [0.3, 0.4) is 0 Å². The van der Waals surface area contributed by atoms with Gasteiger partial charge in [-0.25, -0.2) is 4.99 Å². The van der Waals surface area contributed by atoms with Gasteiger partial charge in [0, 0.05) is 31.2 Å². The van der Waals surface area contributed by atoms with E-state index < -0.39 is 0 Å². The summed E-state index contributed by atoms with van der Waals surface area (Å²) in [6.45, 7) is 9.02. The van der Waals surface area contributed by atoms with Crippen molar-refractivity contribution in [1.82, 2.24) is 15.5 Å². The summed E-state index contributed by atoms with van der Waals surface area (Å²) in [5.41, 5.74) is 0. The fourth-order valence-electron chi connectivity index (χ4n) is 3.78. The highest BCUT2D eigenvalue weighted by atomic mass is 127. The predicted molar refractivity (Wildman–Crippen MR) is 125 cm³/mol. The van der Waals surface area contributed by atoms with Gasteiger partial charge < -0.3 is 20.1 Å². The van der Waals surface area contributed by atoms with E-state index in [0.29, 0.717) is 18.6 Å². The number of hydrogen-bond donors (Lipinski definition) is 2. The molecule has 0 amide bonds. The van der Waals surface area contributed by atoms with Crippen molar-refractivity contribution in [3.63, 3.8) is 0 Å². The van der Waals surface area contributed by atoms with Crippen LogP contribution in [-0.2, 0) is 0 Å². The Morgan fingerprint density at radius 2 is 2.00 bits per heavy atom. The zero-order chi connectivity index (χ0) is 19.2. The molecule has 2 N–H and O–H groups in total. The van der Waals surface area contributed by atoms with E-state index in [4.69, 9.17) is 14.5 Å². The second-order valence-electron chi connectivity index (χ2n) is 7.65. The highest BCUT2D eigenvalue weighted by Crippen LogP contribution is 2.33. The normalized spacial score (nSPS) is 23.6. The Morgan fingerprint density at radius 1 is 1.29 bits per heavy atom. The topological polar surface area (TPSA) is 58.1 Å². The third-order valence-corrected chi connectivity index (χ3v) is 5.23. The van der Waals surface area contributed by atoms with Gasteiger partial charge in [-0.2, -0.15) is 0 Å². The fourth-order valence-corrected chi connectivity index (χ4v) is 3.78. The quantitative estimate of drug-likeness (QED) is 0.325. The lowest BCUT2D eigenvalue weighted by Gasteiger charge is -2.20. The van der Waals surface area contributed by atoms with E-state index in [0.717, 1.165) is 36.6 Å². The summed E-state index contributed by atoms with van der Waals surface area (Å²) in [5.74, 6) is 2.38. The molecule has 7 heteroatoms. The van der Waals surface area contributed by atoms with Crippen LogP contribution in [0.5, 0.6) is 11.5 Å². The maximum absolute atomic E-state index is 6.01. The lowest BCUT2D eigenvalue weighted by Crippen LogP contribution is -2.45. The van der Waals surface area contributed by atoms with Crippen molar-refractivity contribution in [3.8, 4) is 11.5 Å². The number of nitrogens with one attached hydrogen (secondary N) is 2. The molecule has 28 heavy (non-hydrogen) atoms. The second kappa shape index (κ2) is 11.1. The van der Waals surface area contributed by atoms with Crippen molar-refractivity contribution >= 4 is 29.9 Å². The molecule has 1 heterocycles. The van der Waals surface area contributed by atoms with Gasteiger partial charge in [-0.1, -0.05) is 12.1 Å². The molecule has 3 atom stereocenters. The van der Waals surface area contributed by atoms with Gasteiger partial charge in [0.15, 0.2) is 17.5 Å². The number of nitrogens with zero attached hydrogens (tertiary/aromatic N) is 2. The average Bonchev–Trinajstić information content (AvgIpc) is 3.43. The number of hydrogen-bond acceptors (Lipinski definition) is 4. The molecule has 1 aliphatic carbocycles. The Bertz CT molecular complexity index is 639. The second-order valence-corrected chi connectivity index (χ2v) is 7.65. The fraction of sp³-hybridized carbons (Fsp3) is 0.667. The first-order chi connectivity index (χ1) is 13.1. The van der Waals surface area contributed by atoms with Gasteiger partial charge in [0.25, 0.3) is 0 Å². The molecule has 1 aliphatic heterocycles. The lowest BCUT2D eigenvalue weighted by molar-refractivity contribution is 0.219. The average molecular weight is 502 g/mol. The maximum atomic E-state index is 6.01. The summed E-state index contributed by atoms with van der Waals surface area (Å²) >= 11 is 0. The van der Waals surface area contributed by atoms with Crippen LogP contribution in [0.1, 0.15) is 40.0 Å². The van der Waals surface area contributed by atoms with Crippen LogP contribution in [0.25, 0.3) is 0 Å². The molecular formula is C21H35IN4O2. The molecule has 0 bridgehead atoms. The van der Waals surface area contributed by atoms with Gasteiger partial charge in [0.1, 0.15) is 6.10 Å². The third-order valence-electron chi connectivity index (χ3n) is 5.23. The summed E-state index contributed by atoms with van der Waals surface area (Å²) in [4.78, 5) is 7.40. The van der Waals surface area contributed by atoms with E-state index in [9.17, 15) is 0 Å². The zero-order valence-corrected chi connectivity index (χ0v) is 19.8. The first kappa shape index (κ1) is 23.1. The van der Waals surface area contributed by atoms with Crippen molar-refractivity contribution in [1.29, 1.82) is 0 Å². The van der Waals surface area contributed by atoms with Crippen LogP contribution >= 0.6 is 24.0 Å². The summed E-state index contributed by atoms with van der Waals surface area (Å²) in [7, 11) is 1.66. The van der Waals surface area contributed by atoms with E-state index >= 15 is 0 Å². The SMILES string of the molecule is CCNC(=NCC(C)Oc1ccccc1OC)NC1CC(C)N(C2CC2)C1.I. The zero-order valence-electron chi connectivity index (χ0n) is 17.5. The molecule has 1 saturated heterocycles.